The van der Waals surface area contributed by atoms with Gasteiger partial charge in [0, 0.05) is 12.6 Å². The maximum absolute atomic E-state index is 13.3. The van der Waals surface area contributed by atoms with Gasteiger partial charge >= 0.3 is 0 Å². The first kappa shape index (κ1) is 20.3. The summed E-state index contributed by atoms with van der Waals surface area (Å²) < 4.78 is 5.63. The van der Waals surface area contributed by atoms with Gasteiger partial charge in [0.05, 0.1) is 17.3 Å². The fourth-order valence-corrected chi connectivity index (χ4v) is 3.80. The van der Waals surface area contributed by atoms with Crippen LogP contribution in [-0.2, 0) is 10.2 Å². The second kappa shape index (κ2) is 9.20. The van der Waals surface area contributed by atoms with Gasteiger partial charge in [-0.2, -0.15) is 0 Å². The molecule has 1 aromatic carbocycles. The largest absolute Gasteiger partial charge is 0.476 e. The third kappa shape index (κ3) is 4.90. The maximum atomic E-state index is 13.3. The van der Waals surface area contributed by atoms with Crippen molar-refractivity contribution < 1.29 is 9.53 Å². The highest BCUT2D eigenvalue weighted by atomic mass is 16.5. The molecule has 1 aliphatic rings. The highest BCUT2D eigenvalue weighted by Gasteiger charge is 2.41. The van der Waals surface area contributed by atoms with Gasteiger partial charge in [0.1, 0.15) is 6.61 Å². The lowest BCUT2D eigenvalue weighted by molar-refractivity contribution is -0.122. The van der Waals surface area contributed by atoms with Crippen LogP contribution in [0.15, 0.2) is 42.6 Å². The zero-order valence-electron chi connectivity index (χ0n) is 17.2. The van der Waals surface area contributed by atoms with Crippen LogP contribution in [0, 0.1) is 6.92 Å². The molecule has 0 bridgehead atoms. The fourth-order valence-electron chi connectivity index (χ4n) is 3.80. The van der Waals surface area contributed by atoms with Crippen molar-refractivity contribution in [3.63, 3.8) is 0 Å². The number of nitrogens with one attached hydrogen (secondary N) is 1. The van der Waals surface area contributed by atoms with E-state index >= 15 is 0 Å². The van der Waals surface area contributed by atoms with Gasteiger partial charge in [-0.05, 0) is 45.5 Å². The van der Waals surface area contributed by atoms with Crippen LogP contribution in [0.5, 0.6) is 5.88 Å². The average molecular weight is 382 g/mol. The van der Waals surface area contributed by atoms with Crippen molar-refractivity contribution in [2.75, 3.05) is 32.6 Å². The summed E-state index contributed by atoms with van der Waals surface area (Å²) in [4.78, 5) is 19.7. The van der Waals surface area contributed by atoms with E-state index in [-0.39, 0.29) is 5.91 Å². The minimum atomic E-state index is -0.452. The molecule has 2 aromatic rings. The van der Waals surface area contributed by atoms with Crippen LogP contribution in [0.25, 0.3) is 0 Å². The van der Waals surface area contributed by atoms with Crippen molar-refractivity contribution >= 4 is 11.6 Å². The lowest BCUT2D eigenvalue weighted by Crippen LogP contribution is -2.42. The number of amides is 1. The number of anilines is 1. The van der Waals surface area contributed by atoms with E-state index in [4.69, 9.17) is 4.74 Å². The third-order valence-corrected chi connectivity index (χ3v) is 5.53. The molecule has 1 aromatic heterocycles. The number of benzene rings is 1. The molecule has 28 heavy (non-hydrogen) atoms. The molecule has 0 aliphatic heterocycles. The number of carbonyl (C=O) groups is 1. The molecule has 1 aliphatic carbocycles. The Labute approximate surface area is 168 Å². The quantitative estimate of drug-likeness (QED) is 0.782. The van der Waals surface area contributed by atoms with E-state index in [2.05, 4.69) is 46.4 Å². The summed E-state index contributed by atoms with van der Waals surface area (Å²) in [5, 5.41) is 3.10. The van der Waals surface area contributed by atoms with Gasteiger partial charge in [-0.25, -0.2) is 4.98 Å². The number of nitrogens with zero attached hydrogens (tertiary/aromatic N) is 2. The molecule has 1 fully saturated rings. The van der Waals surface area contributed by atoms with Crippen LogP contribution in [0.4, 0.5) is 5.69 Å². The van der Waals surface area contributed by atoms with E-state index in [1.165, 1.54) is 12.0 Å². The summed E-state index contributed by atoms with van der Waals surface area (Å²) in [6.07, 6.45) is 6.81. The Morgan fingerprint density at radius 2 is 1.82 bits per heavy atom. The van der Waals surface area contributed by atoms with Crippen molar-refractivity contribution in [3.05, 3.63) is 53.7 Å². The molecule has 5 nitrogen and oxygen atoms in total. The molecule has 3 rings (SSSR count). The first-order chi connectivity index (χ1) is 13.5. The van der Waals surface area contributed by atoms with Gasteiger partial charge in [-0.1, -0.05) is 49.1 Å². The second-order valence-electron chi connectivity index (χ2n) is 8.00. The molecule has 1 amide bonds. The predicted octanol–water partition coefficient (Wildman–Crippen LogP) is 4.17. The summed E-state index contributed by atoms with van der Waals surface area (Å²) >= 11 is 0. The summed E-state index contributed by atoms with van der Waals surface area (Å²) in [7, 11) is 4.01. The van der Waals surface area contributed by atoms with Crippen molar-refractivity contribution in [1.29, 1.82) is 0 Å². The van der Waals surface area contributed by atoms with Gasteiger partial charge in [0.25, 0.3) is 0 Å². The first-order valence-electron chi connectivity index (χ1n) is 10.1. The molecular weight excluding hydrogens is 350 g/mol. The highest BCUT2D eigenvalue weighted by molar-refractivity contribution is 5.99. The van der Waals surface area contributed by atoms with Gasteiger partial charge in [-0.3, -0.25) is 4.79 Å². The van der Waals surface area contributed by atoms with Gasteiger partial charge in [0.2, 0.25) is 11.8 Å². The first-order valence-corrected chi connectivity index (χ1v) is 10.1. The minimum absolute atomic E-state index is 0.0686. The normalized spacial score (nSPS) is 16.0. The molecule has 0 spiro atoms. The Morgan fingerprint density at radius 1 is 1.11 bits per heavy atom. The molecule has 0 radical (unpaired) electrons. The third-order valence-electron chi connectivity index (χ3n) is 5.53. The number of rotatable bonds is 7. The van der Waals surface area contributed by atoms with Crippen molar-refractivity contribution in [3.8, 4) is 5.88 Å². The standard InChI is InChI=1S/C23H31N3O2/c1-18-7-9-19(10-8-18)23(13-5-4-6-14-23)22(27)25-20-11-12-21(24-17-20)28-16-15-26(2)3/h7-12,17H,4-6,13-16H2,1-3H3,(H,25,27). The Balaban J connectivity index is 1.71. The monoisotopic (exact) mass is 381 g/mol. The van der Waals surface area contributed by atoms with Crippen LogP contribution in [0.2, 0.25) is 0 Å². The molecule has 5 heteroatoms. The summed E-state index contributed by atoms with van der Waals surface area (Å²) in [5.74, 6) is 0.643. The molecule has 1 heterocycles. The zero-order chi connectivity index (χ0) is 20.0. The predicted molar refractivity (Wildman–Crippen MR) is 113 cm³/mol. The number of hydrogen-bond donors (Lipinski definition) is 1. The molecule has 150 valence electrons. The Bertz CT molecular complexity index is 763. The van der Waals surface area contributed by atoms with E-state index in [0.29, 0.717) is 18.2 Å². The molecule has 0 unspecified atom stereocenters. The molecule has 1 N–H and O–H groups in total. The van der Waals surface area contributed by atoms with Gasteiger partial charge in [0.15, 0.2) is 0 Å². The second-order valence-corrected chi connectivity index (χ2v) is 8.00. The van der Waals surface area contributed by atoms with Gasteiger partial charge in [-0.15, -0.1) is 0 Å². The summed E-state index contributed by atoms with van der Waals surface area (Å²) in [5.41, 5.74) is 2.59. The topological polar surface area (TPSA) is 54.5 Å². The van der Waals surface area contributed by atoms with Crippen LogP contribution < -0.4 is 10.1 Å². The zero-order valence-corrected chi connectivity index (χ0v) is 17.2. The Kier molecular flexibility index (Phi) is 6.68. The SMILES string of the molecule is Cc1ccc(C2(C(=O)Nc3ccc(OCCN(C)C)nc3)CCCCC2)cc1. The molecule has 0 atom stereocenters. The molecule has 0 saturated heterocycles. The van der Waals surface area contributed by atoms with Crippen molar-refractivity contribution in [1.82, 2.24) is 9.88 Å². The van der Waals surface area contributed by atoms with E-state index < -0.39 is 5.41 Å². The van der Waals surface area contributed by atoms with Crippen LogP contribution in [-0.4, -0.2) is 43.0 Å². The Hall–Kier alpha value is -2.40. The Morgan fingerprint density at radius 3 is 2.43 bits per heavy atom. The van der Waals surface area contributed by atoms with Crippen LogP contribution >= 0.6 is 0 Å². The summed E-state index contributed by atoms with van der Waals surface area (Å²) in [6, 6.07) is 12.1. The fraction of sp³-hybridized carbons (Fsp3) is 0.478. The number of likely N-dealkylation sites (N-methyl/N-ethyl adjacent to an activating group) is 1. The molecular formula is C23H31N3O2. The minimum Gasteiger partial charge on any atom is -0.476 e. The maximum Gasteiger partial charge on any atom is 0.235 e. The number of carbonyl (C=O) groups excluding carboxylic acids is 1. The van der Waals surface area contributed by atoms with Crippen LogP contribution in [0.1, 0.15) is 43.2 Å². The lowest BCUT2D eigenvalue weighted by Gasteiger charge is -2.36. The lowest BCUT2D eigenvalue weighted by atomic mass is 9.68. The number of ether oxygens (including phenoxy) is 1. The number of aryl methyl sites for hydroxylation is 1. The van der Waals surface area contributed by atoms with Crippen molar-refractivity contribution in [2.45, 2.75) is 44.4 Å². The van der Waals surface area contributed by atoms with E-state index in [1.807, 2.05) is 26.2 Å². The van der Waals surface area contributed by atoms with E-state index in [0.717, 1.165) is 37.8 Å². The number of hydrogen-bond acceptors (Lipinski definition) is 4. The smallest absolute Gasteiger partial charge is 0.235 e. The van der Waals surface area contributed by atoms with Crippen molar-refractivity contribution in [2.24, 2.45) is 0 Å². The highest BCUT2D eigenvalue weighted by Crippen LogP contribution is 2.40. The van der Waals surface area contributed by atoms with Crippen LogP contribution in [0.3, 0.4) is 0 Å². The van der Waals surface area contributed by atoms with Gasteiger partial charge < -0.3 is 15.0 Å². The molecule has 1 saturated carbocycles. The number of pyridine rings is 1. The number of aromatic nitrogens is 1. The van der Waals surface area contributed by atoms with E-state index in [1.54, 1.807) is 6.20 Å². The van der Waals surface area contributed by atoms with E-state index in [9.17, 15) is 4.79 Å². The average Bonchev–Trinajstić information content (AvgIpc) is 2.70. The summed E-state index contributed by atoms with van der Waals surface area (Å²) in [6.45, 7) is 3.49.